The van der Waals surface area contributed by atoms with Crippen molar-refractivity contribution in [3.8, 4) is 0 Å². The fraction of sp³-hybridized carbons (Fsp3) is 0.433. The van der Waals surface area contributed by atoms with Crippen molar-refractivity contribution in [2.24, 2.45) is 11.8 Å². The van der Waals surface area contributed by atoms with Crippen LogP contribution in [0, 0.1) is 11.8 Å². The molecule has 1 saturated carbocycles. The van der Waals surface area contributed by atoms with E-state index < -0.39 is 0 Å². The lowest BCUT2D eigenvalue weighted by Gasteiger charge is -2.37. The van der Waals surface area contributed by atoms with Gasteiger partial charge in [-0.3, -0.25) is 9.59 Å². The summed E-state index contributed by atoms with van der Waals surface area (Å²) in [5.41, 5.74) is 5.26. The van der Waals surface area contributed by atoms with E-state index in [1.807, 2.05) is 23.2 Å². The maximum atomic E-state index is 13.0. The highest BCUT2D eigenvalue weighted by atomic mass is 16.2. The van der Waals surface area contributed by atoms with Gasteiger partial charge in [0.2, 0.25) is 11.8 Å². The Labute approximate surface area is 219 Å². The Morgan fingerprint density at radius 3 is 2.59 bits per heavy atom. The fourth-order valence-corrected chi connectivity index (χ4v) is 5.77. The highest BCUT2D eigenvalue weighted by Crippen LogP contribution is 2.32. The summed E-state index contributed by atoms with van der Waals surface area (Å²) in [7, 11) is 0. The number of H-pyrrole nitrogens is 1. The van der Waals surface area contributed by atoms with E-state index in [0.29, 0.717) is 19.6 Å². The zero-order chi connectivity index (χ0) is 25.6. The highest BCUT2D eigenvalue weighted by molar-refractivity contribution is 5.93. The summed E-state index contributed by atoms with van der Waals surface area (Å²) in [6, 6.07) is 16.6. The molecule has 2 N–H and O–H groups in total. The SMILES string of the molecule is CC(=O)N1Cc2ccc(NC(=O)C3CCCCC3)cc2N(Cc2cnc[nH]2)CC(Cc2ccccc2)C1. The minimum Gasteiger partial charge on any atom is -0.365 e. The van der Waals surface area contributed by atoms with E-state index in [2.05, 4.69) is 56.6 Å². The number of carbonyl (C=O) groups excluding carboxylic acids is 2. The molecule has 1 unspecified atom stereocenters. The predicted octanol–water partition coefficient (Wildman–Crippen LogP) is 5.16. The summed E-state index contributed by atoms with van der Waals surface area (Å²) in [5, 5.41) is 3.20. The zero-order valence-corrected chi connectivity index (χ0v) is 21.7. The van der Waals surface area contributed by atoms with Gasteiger partial charge < -0.3 is 20.1 Å². The normalized spacial score (nSPS) is 18.6. The zero-order valence-electron chi connectivity index (χ0n) is 21.7. The van der Waals surface area contributed by atoms with E-state index in [1.165, 1.54) is 12.0 Å². The first-order valence-corrected chi connectivity index (χ1v) is 13.5. The minimum atomic E-state index is 0.0840. The number of aromatic nitrogens is 2. The second-order valence-electron chi connectivity index (χ2n) is 10.6. The molecular weight excluding hydrogens is 462 g/mol. The molecule has 5 rings (SSSR count). The smallest absolute Gasteiger partial charge is 0.227 e. The first-order valence-electron chi connectivity index (χ1n) is 13.5. The molecule has 7 nitrogen and oxygen atoms in total. The number of aromatic amines is 1. The average molecular weight is 500 g/mol. The van der Waals surface area contributed by atoms with Gasteiger partial charge in [0.15, 0.2) is 0 Å². The van der Waals surface area contributed by atoms with Gasteiger partial charge >= 0.3 is 0 Å². The molecule has 1 aliphatic heterocycles. The Bertz CT molecular complexity index is 1190. The first kappa shape index (κ1) is 25.1. The number of carbonyl (C=O) groups is 2. The summed E-state index contributed by atoms with van der Waals surface area (Å²) in [5.74, 6) is 0.557. The van der Waals surface area contributed by atoms with Crippen LogP contribution in [-0.4, -0.2) is 39.8 Å². The summed E-state index contributed by atoms with van der Waals surface area (Å²) in [6.07, 6.45) is 9.88. The van der Waals surface area contributed by atoms with Crippen LogP contribution in [0.15, 0.2) is 61.1 Å². The Morgan fingerprint density at radius 1 is 1.05 bits per heavy atom. The third-order valence-corrected chi connectivity index (χ3v) is 7.72. The topological polar surface area (TPSA) is 81.3 Å². The van der Waals surface area contributed by atoms with Crippen LogP contribution >= 0.6 is 0 Å². The lowest BCUT2D eigenvalue weighted by atomic mass is 9.88. The molecule has 2 amide bonds. The monoisotopic (exact) mass is 499 g/mol. The Morgan fingerprint density at radius 2 is 1.86 bits per heavy atom. The van der Waals surface area contributed by atoms with Crippen molar-refractivity contribution in [2.45, 2.75) is 58.5 Å². The Balaban J connectivity index is 1.46. The number of nitrogens with zero attached hydrogens (tertiary/aromatic N) is 3. The summed E-state index contributed by atoms with van der Waals surface area (Å²) in [4.78, 5) is 37.4. The van der Waals surface area contributed by atoms with Crippen LogP contribution in [0.25, 0.3) is 0 Å². The van der Waals surface area contributed by atoms with Gasteiger partial charge in [-0.15, -0.1) is 0 Å². The van der Waals surface area contributed by atoms with Gasteiger partial charge in [-0.05, 0) is 48.4 Å². The van der Waals surface area contributed by atoms with Crippen LogP contribution < -0.4 is 10.2 Å². The molecule has 7 heteroatoms. The Kier molecular flexibility index (Phi) is 7.87. The lowest BCUT2D eigenvalue weighted by molar-refractivity contribution is -0.130. The van der Waals surface area contributed by atoms with Crippen molar-refractivity contribution in [3.05, 3.63) is 77.9 Å². The fourth-order valence-electron chi connectivity index (χ4n) is 5.77. The standard InChI is InChI=1S/C30H37N5O2/c1-22(36)34-17-24(14-23-8-4-2-5-9-23)18-35(20-28-16-31-21-32-28)29-15-27(13-12-26(29)19-34)33-30(37)25-10-6-3-7-11-25/h2,4-5,8-9,12-13,15-16,21,24-25H,3,6-7,10-11,14,17-20H2,1H3,(H,31,32)(H,33,37). The third-order valence-electron chi connectivity index (χ3n) is 7.72. The second kappa shape index (κ2) is 11.6. The van der Waals surface area contributed by atoms with E-state index in [9.17, 15) is 9.59 Å². The van der Waals surface area contributed by atoms with Gasteiger partial charge in [0.25, 0.3) is 0 Å². The molecular formula is C30H37N5O2. The third kappa shape index (κ3) is 6.40. The first-order chi connectivity index (χ1) is 18.0. The molecule has 0 spiro atoms. The van der Waals surface area contributed by atoms with Crippen LogP contribution in [0.4, 0.5) is 11.4 Å². The van der Waals surface area contributed by atoms with Crippen LogP contribution in [0.3, 0.4) is 0 Å². The average Bonchev–Trinajstić information content (AvgIpc) is 3.42. The quantitative estimate of drug-likeness (QED) is 0.491. The summed E-state index contributed by atoms with van der Waals surface area (Å²) < 4.78 is 0. The molecule has 2 heterocycles. The van der Waals surface area contributed by atoms with Crippen molar-refractivity contribution in [2.75, 3.05) is 23.3 Å². The van der Waals surface area contributed by atoms with Gasteiger partial charge in [0.05, 0.1) is 18.6 Å². The number of rotatable bonds is 6. The van der Waals surface area contributed by atoms with Gasteiger partial charge in [-0.1, -0.05) is 55.7 Å². The van der Waals surface area contributed by atoms with Gasteiger partial charge in [-0.2, -0.15) is 0 Å². The van der Waals surface area contributed by atoms with E-state index in [0.717, 1.165) is 61.3 Å². The van der Waals surface area contributed by atoms with Gasteiger partial charge in [0.1, 0.15) is 0 Å². The van der Waals surface area contributed by atoms with E-state index in [-0.39, 0.29) is 23.7 Å². The van der Waals surface area contributed by atoms with Crippen LogP contribution in [0.2, 0.25) is 0 Å². The summed E-state index contributed by atoms with van der Waals surface area (Å²) in [6.45, 7) is 4.36. The number of fused-ring (bicyclic) bond motifs is 1. The highest BCUT2D eigenvalue weighted by Gasteiger charge is 2.27. The van der Waals surface area contributed by atoms with Crippen molar-refractivity contribution < 1.29 is 9.59 Å². The number of amides is 2. The number of nitrogens with one attached hydrogen (secondary N) is 2. The van der Waals surface area contributed by atoms with Crippen LogP contribution in [0.1, 0.15) is 55.8 Å². The molecule has 2 aliphatic rings. The number of anilines is 2. The maximum absolute atomic E-state index is 13.0. The molecule has 0 saturated heterocycles. The second-order valence-corrected chi connectivity index (χ2v) is 10.6. The molecule has 194 valence electrons. The molecule has 37 heavy (non-hydrogen) atoms. The molecule has 1 aromatic heterocycles. The van der Waals surface area contributed by atoms with Crippen molar-refractivity contribution in [1.29, 1.82) is 0 Å². The Hall–Kier alpha value is -3.61. The largest absolute Gasteiger partial charge is 0.365 e. The molecule has 0 bridgehead atoms. The van der Waals surface area contributed by atoms with Crippen molar-refractivity contribution in [1.82, 2.24) is 14.9 Å². The van der Waals surface area contributed by atoms with Crippen molar-refractivity contribution >= 4 is 23.2 Å². The van der Waals surface area contributed by atoms with E-state index in [4.69, 9.17) is 0 Å². The molecule has 1 atom stereocenters. The number of hydrogen-bond acceptors (Lipinski definition) is 4. The lowest BCUT2D eigenvalue weighted by Crippen LogP contribution is -2.42. The van der Waals surface area contributed by atoms with Crippen LogP contribution in [0.5, 0.6) is 0 Å². The van der Waals surface area contributed by atoms with E-state index in [1.54, 1.807) is 13.3 Å². The van der Waals surface area contributed by atoms with Gasteiger partial charge in [0, 0.05) is 50.0 Å². The van der Waals surface area contributed by atoms with Crippen LogP contribution in [-0.2, 0) is 29.1 Å². The summed E-state index contributed by atoms with van der Waals surface area (Å²) >= 11 is 0. The molecule has 0 radical (unpaired) electrons. The van der Waals surface area contributed by atoms with E-state index >= 15 is 0 Å². The molecule has 1 fully saturated rings. The molecule has 2 aromatic carbocycles. The number of hydrogen-bond donors (Lipinski definition) is 2. The predicted molar refractivity (Wildman–Crippen MR) is 146 cm³/mol. The van der Waals surface area contributed by atoms with Gasteiger partial charge in [-0.25, -0.2) is 4.98 Å². The molecule has 3 aromatic rings. The minimum absolute atomic E-state index is 0.0840. The van der Waals surface area contributed by atoms with Crippen molar-refractivity contribution in [3.63, 3.8) is 0 Å². The maximum Gasteiger partial charge on any atom is 0.227 e. The number of benzene rings is 2. The number of imidazole rings is 1. The molecule has 1 aliphatic carbocycles.